The molecule has 0 spiro atoms. The Bertz CT molecular complexity index is 1080. The fourth-order valence-corrected chi connectivity index (χ4v) is 3.47. The van der Waals surface area contributed by atoms with E-state index in [4.69, 9.17) is 10.00 Å². The minimum Gasteiger partial charge on any atom is -0.452 e. The minimum absolute atomic E-state index is 0.190. The number of rotatable bonds is 8. The molecule has 6 nitrogen and oxygen atoms in total. The second kappa shape index (κ2) is 10.3. The summed E-state index contributed by atoms with van der Waals surface area (Å²) in [6.07, 6.45) is 0.190. The average Bonchev–Trinajstić information content (AvgIpc) is 3.07. The van der Waals surface area contributed by atoms with E-state index in [1.54, 1.807) is 18.2 Å². The van der Waals surface area contributed by atoms with Crippen LogP contribution in [0.3, 0.4) is 0 Å². The zero-order chi connectivity index (χ0) is 22.2. The van der Waals surface area contributed by atoms with Crippen LogP contribution in [-0.2, 0) is 16.1 Å². The van der Waals surface area contributed by atoms with Gasteiger partial charge in [-0.15, -0.1) is 0 Å². The average molecular weight is 415 g/mol. The first-order chi connectivity index (χ1) is 15.0. The lowest BCUT2D eigenvalue weighted by atomic mass is 10.2. The molecule has 0 saturated carbocycles. The maximum atomic E-state index is 12.7. The number of anilines is 1. The number of benzene rings is 2. The number of amides is 1. The Hall–Kier alpha value is -3.85. The molecule has 0 aliphatic carbocycles. The van der Waals surface area contributed by atoms with E-state index in [1.807, 2.05) is 68.4 Å². The van der Waals surface area contributed by atoms with Crippen LogP contribution in [0.1, 0.15) is 33.7 Å². The first-order valence-corrected chi connectivity index (χ1v) is 10.1. The SMILES string of the molecule is Cc1cc(C(=O)OCC(=O)N(CCC#N)c2ccccc2)c(C)n1Cc1ccccc1. The van der Waals surface area contributed by atoms with Crippen molar-refractivity contribution in [3.63, 3.8) is 0 Å². The molecular formula is C25H25N3O3. The molecule has 0 aliphatic rings. The van der Waals surface area contributed by atoms with E-state index in [2.05, 4.69) is 4.57 Å². The predicted molar refractivity (Wildman–Crippen MR) is 119 cm³/mol. The van der Waals surface area contributed by atoms with Gasteiger partial charge in [-0.2, -0.15) is 5.26 Å². The largest absolute Gasteiger partial charge is 0.452 e. The number of hydrogen-bond acceptors (Lipinski definition) is 4. The van der Waals surface area contributed by atoms with Crippen LogP contribution in [0.2, 0.25) is 0 Å². The van der Waals surface area contributed by atoms with Crippen molar-refractivity contribution in [2.45, 2.75) is 26.8 Å². The van der Waals surface area contributed by atoms with Crippen molar-refractivity contribution >= 4 is 17.6 Å². The number of carbonyl (C=O) groups is 2. The van der Waals surface area contributed by atoms with Crippen LogP contribution in [0.15, 0.2) is 66.7 Å². The van der Waals surface area contributed by atoms with E-state index in [0.717, 1.165) is 17.0 Å². The number of nitrogens with zero attached hydrogens (tertiary/aromatic N) is 3. The smallest absolute Gasteiger partial charge is 0.340 e. The van der Waals surface area contributed by atoms with Crippen molar-refractivity contribution in [3.8, 4) is 6.07 Å². The highest BCUT2D eigenvalue weighted by molar-refractivity contribution is 5.97. The summed E-state index contributed by atoms with van der Waals surface area (Å²) < 4.78 is 7.40. The number of esters is 1. The van der Waals surface area contributed by atoms with Crippen LogP contribution in [0.5, 0.6) is 0 Å². The van der Waals surface area contributed by atoms with Gasteiger partial charge in [-0.3, -0.25) is 4.79 Å². The van der Waals surface area contributed by atoms with E-state index in [9.17, 15) is 9.59 Å². The van der Waals surface area contributed by atoms with Crippen molar-refractivity contribution in [2.75, 3.05) is 18.1 Å². The normalized spacial score (nSPS) is 10.4. The minimum atomic E-state index is -0.533. The van der Waals surface area contributed by atoms with Crippen molar-refractivity contribution < 1.29 is 14.3 Å². The predicted octanol–water partition coefficient (Wildman–Crippen LogP) is 4.26. The van der Waals surface area contributed by atoms with Gasteiger partial charge in [0.15, 0.2) is 6.61 Å². The third kappa shape index (κ3) is 5.40. The van der Waals surface area contributed by atoms with Gasteiger partial charge in [0, 0.05) is 30.2 Å². The van der Waals surface area contributed by atoms with Crippen LogP contribution >= 0.6 is 0 Å². The van der Waals surface area contributed by atoms with E-state index >= 15 is 0 Å². The number of hydrogen-bond donors (Lipinski definition) is 0. The lowest BCUT2D eigenvalue weighted by molar-refractivity contribution is -0.121. The van der Waals surface area contributed by atoms with E-state index < -0.39 is 5.97 Å². The van der Waals surface area contributed by atoms with Gasteiger partial charge in [0.1, 0.15) is 0 Å². The van der Waals surface area contributed by atoms with Gasteiger partial charge in [0.25, 0.3) is 5.91 Å². The summed E-state index contributed by atoms with van der Waals surface area (Å²) in [7, 11) is 0. The molecule has 0 radical (unpaired) electrons. The van der Waals surface area contributed by atoms with Gasteiger partial charge in [-0.25, -0.2) is 4.79 Å². The van der Waals surface area contributed by atoms with Crippen molar-refractivity contribution in [1.29, 1.82) is 5.26 Å². The molecule has 0 atom stereocenters. The maximum absolute atomic E-state index is 12.7. The van der Waals surface area contributed by atoms with Gasteiger partial charge in [0.2, 0.25) is 0 Å². The Morgan fingerprint density at radius 2 is 1.68 bits per heavy atom. The topological polar surface area (TPSA) is 75.3 Å². The van der Waals surface area contributed by atoms with Crippen molar-refractivity contribution in [3.05, 3.63) is 89.2 Å². The van der Waals surface area contributed by atoms with Gasteiger partial charge < -0.3 is 14.2 Å². The third-order valence-corrected chi connectivity index (χ3v) is 5.12. The van der Waals surface area contributed by atoms with Gasteiger partial charge in [-0.1, -0.05) is 48.5 Å². The Morgan fingerprint density at radius 3 is 2.32 bits per heavy atom. The molecule has 1 heterocycles. The first kappa shape index (κ1) is 21.8. The molecule has 0 unspecified atom stereocenters. The van der Waals surface area contributed by atoms with E-state index in [1.165, 1.54) is 4.90 Å². The molecule has 31 heavy (non-hydrogen) atoms. The molecule has 1 aromatic heterocycles. The Kier molecular flexibility index (Phi) is 7.23. The molecule has 0 N–H and O–H groups in total. The maximum Gasteiger partial charge on any atom is 0.340 e. The molecule has 0 aliphatic heterocycles. The third-order valence-electron chi connectivity index (χ3n) is 5.12. The fourth-order valence-electron chi connectivity index (χ4n) is 3.47. The monoisotopic (exact) mass is 415 g/mol. The van der Waals surface area contributed by atoms with Gasteiger partial charge >= 0.3 is 5.97 Å². The summed E-state index contributed by atoms with van der Waals surface area (Å²) in [5.41, 5.74) is 3.99. The number of ether oxygens (including phenoxy) is 1. The quantitative estimate of drug-likeness (QED) is 0.515. The summed E-state index contributed by atoms with van der Waals surface area (Å²) in [5.74, 6) is -0.901. The summed E-state index contributed by atoms with van der Waals surface area (Å²) in [4.78, 5) is 26.9. The number of aryl methyl sites for hydroxylation is 1. The van der Waals surface area contributed by atoms with Crippen LogP contribution in [0, 0.1) is 25.2 Å². The number of carbonyl (C=O) groups excluding carboxylic acids is 2. The van der Waals surface area contributed by atoms with E-state index in [-0.39, 0.29) is 25.5 Å². The zero-order valence-corrected chi connectivity index (χ0v) is 17.7. The molecule has 3 rings (SSSR count). The summed E-state index contributed by atoms with van der Waals surface area (Å²) >= 11 is 0. The molecule has 2 aromatic carbocycles. The molecule has 158 valence electrons. The molecule has 0 bridgehead atoms. The summed E-state index contributed by atoms with van der Waals surface area (Å²) in [6.45, 7) is 4.32. The Morgan fingerprint density at radius 1 is 1.03 bits per heavy atom. The van der Waals surface area contributed by atoms with Crippen LogP contribution in [-0.4, -0.2) is 29.6 Å². The van der Waals surface area contributed by atoms with E-state index in [0.29, 0.717) is 17.8 Å². The molecule has 6 heteroatoms. The molecular weight excluding hydrogens is 390 g/mol. The Balaban J connectivity index is 1.69. The Labute approximate surface area is 182 Å². The van der Waals surface area contributed by atoms with Crippen LogP contribution in [0.25, 0.3) is 0 Å². The van der Waals surface area contributed by atoms with Gasteiger partial charge in [0.05, 0.1) is 18.1 Å². The number of aromatic nitrogens is 1. The highest BCUT2D eigenvalue weighted by atomic mass is 16.5. The number of nitriles is 1. The van der Waals surface area contributed by atoms with Gasteiger partial charge in [-0.05, 0) is 37.6 Å². The highest BCUT2D eigenvalue weighted by Gasteiger charge is 2.21. The second-order valence-electron chi connectivity index (χ2n) is 7.22. The van der Waals surface area contributed by atoms with Crippen LogP contribution < -0.4 is 4.90 Å². The first-order valence-electron chi connectivity index (χ1n) is 10.1. The summed E-state index contributed by atoms with van der Waals surface area (Å²) in [5, 5.41) is 8.90. The number of para-hydroxylation sites is 1. The second-order valence-corrected chi connectivity index (χ2v) is 7.22. The highest BCUT2D eigenvalue weighted by Crippen LogP contribution is 2.19. The van der Waals surface area contributed by atoms with Crippen molar-refractivity contribution in [2.24, 2.45) is 0 Å². The molecule has 0 fully saturated rings. The molecule has 0 saturated heterocycles. The molecule has 3 aromatic rings. The van der Waals surface area contributed by atoms with Crippen LogP contribution in [0.4, 0.5) is 5.69 Å². The fraction of sp³-hybridized carbons (Fsp3) is 0.240. The standard InChI is InChI=1S/C25H25N3O3/c1-19-16-23(20(2)28(19)17-21-10-5-3-6-11-21)25(30)31-18-24(29)27(15-9-14-26)22-12-7-4-8-13-22/h3-8,10-13,16H,9,15,17-18H2,1-2H3. The molecule has 1 amide bonds. The summed E-state index contributed by atoms with van der Waals surface area (Å²) in [6, 6.07) is 22.9. The lowest BCUT2D eigenvalue weighted by Crippen LogP contribution is -2.35. The lowest BCUT2D eigenvalue weighted by Gasteiger charge is -2.21. The zero-order valence-electron chi connectivity index (χ0n) is 17.7. The van der Waals surface area contributed by atoms with Crippen molar-refractivity contribution in [1.82, 2.24) is 4.57 Å².